The number of ketones is 1. The number of hydrogen-bond donors (Lipinski definition) is 0. The predicted molar refractivity (Wildman–Crippen MR) is 156 cm³/mol. The van der Waals surface area contributed by atoms with Gasteiger partial charge in [0, 0.05) is 51.3 Å². The maximum Gasteiger partial charge on any atom is 0.335 e. The molecule has 214 valence electrons. The van der Waals surface area contributed by atoms with E-state index in [1.54, 1.807) is 42.4 Å². The van der Waals surface area contributed by atoms with Crippen LogP contribution in [0.15, 0.2) is 54.9 Å². The summed E-state index contributed by atoms with van der Waals surface area (Å²) in [4.78, 5) is 35.8. The van der Waals surface area contributed by atoms with Crippen LogP contribution in [0.2, 0.25) is 0 Å². The number of halogens is 1. The molecule has 0 atom stereocenters. The maximum absolute atomic E-state index is 14.9. The fourth-order valence-corrected chi connectivity index (χ4v) is 5.46. The minimum Gasteiger partial charge on any atom is -0.453 e. The van der Waals surface area contributed by atoms with Crippen molar-refractivity contribution >= 4 is 44.8 Å². The Morgan fingerprint density at radius 2 is 1.83 bits per heavy atom. The zero-order chi connectivity index (χ0) is 29.4. The van der Waals surface area contributed by atoms with E-state index in [4.69, 9.17) is 13.2 Å². The molecule has 0 aliphatic heterocycles. The largest absolute Gasteiger partial charge is 0.453 e. The Morgan fingerprint density at radius 3 is 2.46 bits per heavy atom. The molecule has 0 spiro atoms. The van der Waals surface area contributed by atoms with Gasteiger partial charge >= 0.3 is 11.6 Å². The Balaban J connectivity index is 0.00000124. The third-order valence-electron chi connectivity index (χ3n) is 6.60. The second kappa shape index (κ2) is 14.2. The first kappa shape index (κ1) is 30.1. The number of pyridine rings is 2. The second-order valence-corrected chi connectivity index (χ2v) is 11.1. The van der Waals surface area contributed by atoms with Gasteiger partial charge in [0.05, 0.1) is 20.8 Å². The van der Waals surface area contributed by atoms with Crippen molar-refractivity contribution in [2.45, 2.75) is 52.5 Å². The summed E-state index contributed by atoms with van der Waals surface area (Å²) in [5.41, 5.74) is 3.16. The summed E-state index contributed by atoms with van der Waals surface area (Å²) in [7, 11) is 0. The molecule has 1 saturated carbocycles. The molecule has 1 aliphatic carbocycles. The number of thiophene rings is 1. The lowest BCUT2D eigenvalue weighted by atomic mass is 10.0. The van der Waals surface area contributed by atoms with E-state index >= 15 is 0 Å². The molecule has 0 radical (unpaired) electrons. The van der Waals surface area contributed by atoms with Crippen LogP contribution in [-0.4, -0.2) is 41.5 Å². The molecule has 1 amide bonds. The van der Waals surface area contributed by atoms with E-state index in [0.29, 0.717) is 36.7 Å². The monoisotopic (exact) mass is 595 g/mol. The van der Waals surface area contributed by atoms with Crippen LogP contribution in [0.25, 0.3) is 20.8 Å². The lowest BCUT2D eigenvalue weighted by molar-refractivity contribution is -0.129. The molecular formula is C30H30FN3O5S2. The van der Waals surface area contributed by atoms with Crippen molar-refractivity contribution in [2.75, 3.05) is 6.54 Å². The van der Waals surface area contributed by atoms with E-state index in [1.807, 2.05) is 25.1 Å². The van der Waals surface area contributed by atoms with Gasteiger partial charge < -0.3 is 9.64 Å². The lowest BCUT2D eigenvalue weighted by Crippen LogP contribution is -2.28. The van der Waals surface area contributed by atoms with E-state index in [9.17, 15) is 14.0 Å². The molecule has 3 heterocycles. The Bertz CT molecular complexity index is 1560. The molecule has 0 N–H and O–H groups in total. The highest BCUT2D eigenvalue weighted by atomic mass is 32.1. The Hall–Kier alpha value is -3.83. The van der Waals surface area contributed by atoms with E-state index in [-0.39, 0.29) is 23.9 Å². The standard InChI is InChI=1S/C30H30FN3O3S.O2S/c1-3-12-34(19(2)35)18-22-6-8-25(33-17-22)29-16-26-30(38-29)28(10-11-32-26)37-27-9-7-21(15-24(27)31)14-23(36)13-20-4-5-20;1-3-2/h6-11,15-17,20H,3-5,12-14,18H2,1-2H3;. The quantitative estimate of drug-likeness (QED) is 0.201. The van der Waals surface area contributed by atoms with Gasteiger partial charge in [0.15, 0.2) is 11.6 Å². The van der Waals surface area contributed by atoms with Crippen LogP contribution in [0.4, 0.5) is 4.39 Å². The van der Waals surface area contributed by atoms with Gasteiger partial charge in [-0.05, 0) is 60.6 Å². The summed E-state index contributed by atoms with van der Waals surface area (Å²) < 4.78 is 38.2. The van der Waals surface area contributed by atoms with Crippen molar-refractivity contribution in [3.8, 4) is 22.1 Å². The molecule has 4 aromatic rings. The summed E-state index contributed by atoms with van der Waals surface area (Å²) in [5.74, 6) is 0.846. The molecule has 41 heavy (non-hydrogen) atoms. The Labute approximate surface area is 245 Å². The van der Waals surface area contributed by atoms with Crippen molar-refractivity contribution in [2.24, 2.45) is 5.92 Å². The highest BCUT2D eigenvalue weighted by Gasteiger charge is 2.24. The number of fused-ring (bicyclic) bond motifs is 1. The van der Waals surface area contributed by atoms with Crippen LogP contribution in [0.3, 0.4) is 0 Å². The number of aromatic nitrogens is 2. The first-order valence-electron chi connectivity index (χ1n) is 13.3. The third-order valence-corrected chi connectivity index (χ3v) is 7.76. The van der Waals surface area contributed by atoms with Gasteiger partial charge in [-0.1, -0.05) is 19.1 Å². The van der Waals surface area contributed by atoms with Crippen LogP contribution in [0.1, 0.15) is 50.7 Å². The van der Waals surface area contributed by atoms with Gasteiger partial charge in [-0.15, -0.1) is 11.3 Å². The zero-order valence-electron chi connectivity index (χ0n) is 22.8. The summed E-state index contributed by atoms with van der Waals surface area (Å²) in [5, 5.41) is 0. The van der Waals surface area contributed by atoms with Crippen LogP contribution < -0.4 is 4.74 Å². The molecule has 11 heteroatoms. The highest BCUT2D eigenvalue weighted by Crippen LogP contribution is 2.39. The number of hydrogen-bond acceptors (Lipinski definition) is 8. The lowest BCUT2D eigenvalue weighted by Gasteiger charge is -2.20. The molecule has 1 aliphatic rings. The molecular weight excluding hydrogens is 565 g/mol. The molecule has 0 bridgehead atoms. The number of Topliss-reactive ketones (excluding diaryl/α,β-unsaturated/α-hetero) is 1. The average molecular weight is 596 g/mol. The molecule has 0 unspecified atom stereocenters. The van der Waals surface area contributed by atoms with Gasteiger partial charge in [-0.3, -0.25) is 19.6 Å². The van der Waals surface area contributed by atoms with E-state index in [2.05, 4.69) is 9.97 Å². The summed E-state index contributed by atoms with van der Waals surface area (Å²) in [6, 6.07) is 12.3. The summed E-state index contributed by atoms with van der Waals surface area (Å²) in [6.45, 7) is 4.87. The molecule has 5 rings (SSSR count). The minimum atomic E-state index is -0.750. The van der Waals surface area contributed by atoms with Gasteiger partial charge in [-0.2, -0.15) is 8.42 Å². The fraction of sp³-hybridized carbons (Fsp3) is 0.333. The minimum absolute atomic E-state index is 0.0483. The van der Waals surface area contributed by atoms with E-state index in [0.717, 1.165) is 45.6 Å². The molecule has 1 aromatic carbocycles. The number of carbonyl (C=O) groups excluding carboxylic acids is 2. The van der Waals surface area contributed by atoms with Crippen molar-refractivity contribution in [3.63, 3.8) is 0 Å². The van der Waals surface area contributed by atoms with Crippen molar-refractivity contribution in [1.82, 2.24) is 14.9 Å². The van der Waals surface area contributed by atoms with E-state index in [1.165, 1.54) is 17.4 Å². The van der Waals surface area contributed by atoms with Gasteiger partial charge in [-0.25, -0.2) is 4.39 Å². The van der Waals surface area contributed by atoms with E-state index < -0.39 is 17.4 Å². The van der Waals surface area contributed by atoms with Crippen molar-refractivity contribution in [3.05, 3.63) is 71.8 Å². The first-order valence-corrected chi connectivity index (χ1v) is 14.8. The molecule has 3 aromatic heterocycles. The predicted octanol–water partition coefficient (Wildman–Crippen LogP) is 6.29. The number of rotatable bonds is 11. The number of nitrogens with zero attached hydrogens (tertiary/aromatic N) is 3. The molecule has 8 nitrogen and oxygen atoms in total. The fourth-order valence-electron chi connectivity index (χ4n) is 4.42. The summed E-state index contributed by atoms with van der Waals surface area (Å²) in [6.07, 6.45) is 7.41. The van der Waals surface area contributed by atoms with Crippen molar-refractivity contribution < 1.29 is 27.1 Å². The smallest absolute Gasteiger partial charge is 0.335 e. The van der Waals surface area contributed by atoms with Gasteiger partial charge in [0.25, 0.3) is 0 Å². The Morgan fingerprint density at radius 1 is 1.07 bits per heavy atom. The first-order chi connectivity index (χ1) is 19.8. The van der Waals surface area contributed by atoms with Crippen LogP contribution in [0, 0.1) is 11.7 Å². The maximum atomic E-state index is 14.9. The number of amides is 1. The van der Waals surface area contributed by atoms with Crippen LogP contribution >= 0.6 is 11.3 Å². The Kier molecular flexibility index (Phi) is 10.4. The third kappa shape index (κ3) is 8.34. The van der Waals surface area contributed by atoms with Crippen LogP contribution in [-0.2, 0) is 34.1 Å². The average Bonchev–Trinajstić information content (AvgIpc) is 3.64. The van der Waals surface area contributed by atoms with Gasteiger partial charge in [0.2, 0.25) is 5.91 Å². The summed E-state index contributed by atoms with van der Waals surface area (Å²) >= 11 is 0.726. The number of carbonyl (C=O) groups is 2. The highest BCUT2D eigenvalue weighted by molar-refractivity contribution is 7.51. The number of ether oxygens (including phenoxy) is 1. The second-order valence-electron chi connectivity index (χ2n) is 9.92. The normalized spacial score (nSPS) is 12.4. The molecule has 0 saturated heterocycles. The van der Waals surface area contributed by atoms with Gasteiger partial charge in [0.1, 0.15) is 11.5 Å². The zero-order valence-corrected chi connectivity index (χ0v) is 24.4. The SMILES string of the molecule is CCCN(Cc1ccc(-c2cc3nccc(Oc4ccc(CC(=O)CC5CC5)cc4F)c3s2)nc1)C(C)=O.O=S=O. The van der Waals surface area contributed by atoms with Crippen molar-refractivity contribution in [1.29, 1.82) is 0 Å². The van der Waals surface area contributed by atoms with Crippen LogP contribution in [0.5, 0.6) is 11.5 Å². The topological polar surface area (TPSA) is 107 Å². The number of benzene rings is 1. The molecule has 1 fully saturated rings.